The number of aromatic nitrogens is 2. The number of nitrogens with one attached hydrogen (secondary N) is 2. The van der Waals surface area contributed by atoms with Gasteiger partial charge in [0.15, 0.2) is 0 Å². The fourth-order valence-corrected chi connectivity index (χ4v) is 5.48. The van der Waals surface area contributed by atoms with E-state index in [9.17, 15) is 22.8 Å². The van der Waals surface area contributed by atoms with Gasteiger partial charge in [-0.25, -0.2) is 9.37 Å². The van der Waals surface area contributed by atoms with Gasteiger partial charge >= 0.3 is 6.18 Å². The van der Waals surface area contributed by atoms with Crippen LogP contribution in [-0.4, -0.2) is 46.1 Å². The Morgan fingerprint density at radius 1 is 1.20 bits per heavy atom. The molecule has 0 unspecified atom stereocenters. The number of hydrogen-bond acceptors (Lipinski definition) is 5. The summed E-state index contributed by atoms with van der Waals surface area (Å²) in [4.78, 5) is 34.2. The lowest BCUT2D eigenvalue weighted by atomic mass is 9.96. The largest absolute Gasteiger partial charge is 0.416 e. The summed E-state index contributed by atoms with van der Waals surface area (Å²) in [6, 6.07) is 3.90. The van der Waals surface area contributed by atoms with Gasteiger partial charge in [-0.05, 0) is 70.4 Å². The highest BCUT2D eigenvalue weighted by Gasteiger charge is 2.36. The molecule has 1 fully saturated rings. The van der Waals surface area contributed by atoms with Crippen LogP contribution in [0.4, 0.5) is 23.2 Å². The molecular weight excluding hydrogens is 540 g/mol. The van der Waals surface area contributed by atoms with Crippen molar-refractivity contribution in [3.8, 4) is 0 Å². The van der Waals surface area contributed by atoms with Gasteiger partial charge in [0.05, 0.1) is 34.4 Å². The van der Waals surface area contributed by atoms with E-state index in [1.165, 1.54) is 26.0 Å². The first-order valence-electron chi connectivity index (χ1n) is 13.9. The minimum Gasteiger partial charge on any atom is -0.376 e. The highest BCUT2D eigenvalue weighted by Crippen LogP contribution is 2.38. The molecule has 1 aromatic heterocycles. The normalized spacial score (nSPS) is 18.5. The fourth-order valence-electron chi connectivity index (χ4n) is 5.48. The highest BCUT2D eigenvalue weighted by atomic mass is 19.4. The van der Waals surface area contributed by atoms with Crippen LogP contribution in [0, 0.1) is 12.7 Å². The van der Waals surface area contributed by atoms with Crippen molar-refractivity contribution < 1.29 is 27.1 Å². The number of aromatic amines is 1. The molecule has 3 aromatic rings. The van der Waals surface area contributed by atoms with Crippen LogP contribution < -0.4 is 10.9 Å². The van der Waals surface area contributed by atoms with Gasteiger partial charge < -0.3 is 19.9 Å². The Morgan fingerprint density at radius 2 is 1.88 bits per heavy atom. The molecule has 0 bridgehead atoms. The van der Waals surface area contributed by atoms with Crippen LogP contribution in [0.25, 0.3) is 10.9 Å². The second-order valence-electron chi connectivity index (χ2n) is 10.8. The summed E-state index contributed by atoms with van der Waals surface area (Å²) in [7, 11) is 0. The first-order chi connectivity index (χ1) is 19.3. The van der Waals surface area contributed by atoms with Gasteiger partial charge in [-0.3, -0.25) is 9.59 Å². The Labute approximate surface area is 236 Å². The Kier molecular flexibility index (Phi) is 9.06. The molecule has 11 heteroatoms. The molecule has 4 rings (SSSR count). The second-order valence-corrected chi connectivity index (χ2v) is 10.8. The molecule has 41 heavy (non-hydrogen) atoms. The van der Waals surface area contributed by atoms with Crippen molar-refractivity contribution in [3.63, 3.8) is 0 Å². The Balaban J connectivity index is 1.73. The van der Waals surface area contributed by atoms with E-state index in [0.717, 1.165) is 25.0 Å². The van der Waals surface area contributed by atoms with Crippen molar-refractivity contribution in [1.82, 2.24) is 14.9 Å². The Morgan fingerprint density at radius 3 is 2.51 bits per heavy atom. The van der Waals surface area contributed by atoms with E-state index in [0.29, 0.717) is 25.9 Å². The van der Waals surface area contributed by atoms with Gasteiger partial charge in [-0.2, -0.15) is 13.2 Å². The number of morpholine rings is 1. The zero-order chi connectivity index (χ0) is 30.1. The van der Waals surface area contributed by atoms with E-state index in [-0.39, 0.29) is 57.2 Å². The van der Waals surface area contributed by atoms with Gasteiger partial charge in [-0.15, -0.1) is 0 Å². The van der Waals surface area contributed by atoms with E-state index in [4.69, 9.17) is 4.74 Å². The maximum atomic E-state index is 16.1. The molecular formula is C30H36F4N4O3. The molecule has 222 valence electrons. The molecule has 2 heterocycles. The molecule has 2 N–H and O–H groups in total. The lowest BCUT2D eigenvalue weighted by Gasteiger charge is -2.35. The van der Waals surface area contributed by atoms with Crippen molar-refractivity contribution in [3.05, 3.63) is 68.5 Å². The van der Waals surface area contributed by atoms with Gasteiger partial charge in [0, 0.05) is 30.3 Å². The number of anilines is 1. The van der Waals surface area contributed by atoms with Gasteiger partial charge in [0.25, 0.3) is 11.5 Å². The molecule has 2 aromatic carbocycles. The number of ether oxygens (including phenoxy) is 1. The van der Waals surface area contributed by atoms with Crippen molar-refractivity contribution >= 4 is 22.5 Å². The van der Waals surface area contributed by atoms with Crippen molar-refractivity contribution in [2.75, 3.05) is 18.4 Å². The van der Waals surface area contributed by atoms with Gasteiger partial charge in [-0.1, -0.05) is 19.8 Å². The molecule has 1 amide bonds. The third-order valence-electron chi connectivity index (χ3n) is 7.35. The van der Waals surface area contributed by atoms with Gasteiger partial charge in [0.1, 0.15) is 11.6 Å². The van der Waals surface area contributed by atoms with Crippen molar-refractivity contribution in [1.29, 1.82) is 0 Å². The van der Waals surface area contributed by atoms with Crippen LogP contribution in [0.5, 0.6) is 0 Å². The van der Waals surface area contributed by atoms with Crippen molar-refractivity contribution in [2.24, 2.45) is 0 Å². The minimum atomic E-state index is -4.73. The van der Waals surface area contributed by atoms with Crippen LogP contribution in [0.1, 0.15) is 85.9 Å². The maximum Gasteiger partial charge on any atom is 0.416 e. The predicted molar refractivity (Wildman–Crippen MR) is 150 cm³/mol. The number of alkyl halides is 3. The summed E-state index contributed by atoms with van der Waals surface area (Å²) in [6.07, 6.45) is -2.35. The minimum absolute atomic E-state index is 0.00268. The summed E-state index contributed by atoms with van der Waals surface area (Å²) in [5.41, 5.74) is -1.36. The summed E-state index contributed by atoms with van der Waals surface area (Å²) < 4.78 is 64.1. The number of amides is 1. The lowest BCUT2D eigenvalue weighted by molar-refractivity contribution is -0.138. The summed E-state index contributed by atoms with van der Waals surface area (Å²) in [6.45, 7) is 9.49. The molecule has 0 radical (unpaired) electrons. The number of hydrogen-bond donors (Lipinski definition) is 2. The first kappa shape index (κ1) is 30.5. The number of fused-ring (bicyclic) bond motifs is 1. The molecule has 0 spiro atoms. The van der Waals surface area contributed by atoms with E-state index in [1.807, 2.05) is 20.8 Å². The maximum absolute atomic E-state index is 16.1. The number of nitrogens with zero attached hydrogens (tertiary/aromatic N) is 2. The molecule has 1 aliphatic rings. The topological polar surface area (TPSA) is 87.3 Å². The number of benzene rings is 2. The SMILES string of the molecule is CCCCCc1c(C(=O)N2C[C@@H](C)O[C@@H](C)C2)ccc(N[C@H](C)c2cc3c(=O)[nH]c(C)nc3cc2C(F)(F)F)c1F. The van der Waals surface area contributed by atoms with Crippen molar-refractivity contribution in [2.45, 2.75) is 84.7 Å². The van der Waals surface area contributed by atoms with Crippen LogP contribution in [0.2, 0.25) is 0 Å². The van der Waals surface area contributed by atoms with E-state index in [2.05, 4.69) is 15.3 Å². The van der Waals surface area contributed by atoms with Crippen LogP contribution in [0.15, 0.2) is 29.1 Å². The average Bonchev–Trinajstić information content (AvgIpc) is 2.88. The van der Waals surface area contributed by atoms with E-state index >= 15 is 4.39 Å². The molecule has 3 atom stereocenters. The molecule has 0 saturated carbocycles. The van der Waals surface area contributed by atoms with Crippen LogP contribution in [-0.2, 0) is 17.3 Å². The number of rotatable bonds is 8. The molecule has 1 aliphatic heterocycles. The quantitative estimate of drug-likeness (QED) is 0.235. The number of halogens is 4. The summed E-state index contributed by atoms with van der Waals surface area (Å²) in [5.74, 6) is -0.770. The number of carbonyl (C=O) groups excluding carboxylic acids is 1. The third kappa shape index (κ3) is 6.72. The molecule has 7 nitrogen and oxygen atoms in total. The summed E-state index contributed by atoms with van der Waals surface area (Å²) >= 11 is 0. The predicted octanol–water partition coefficient (Wildman–Crippen LogP) is 6.54. The fraction of sp³-hybridized carbons (Fsp3) is 0.500. The third-order valence-corrected chi connectivity index (χ3v) is 7.35. The highest BCUT2D eigenvalue weighted by molar-refractivity contribution is 5.96. The van der Waals surface area contributed by atoms with Gasteiger partial charge in [0.2, 0.25) is 0 Å². The smallest absolute Gasteiger partial charge is 0.376 e. The molecule has 0 aliphatic carbocycles. The van der Waals surface area contributed by atoms with E-state index in [1.54, 1.807) is 4.90 Å². The number of unbranched alkanes of at least 4 members (excludes halogenated alkanes) is 2. The number of H-pyrrole nitrogens is 1. The number of aryl methyl sites for hydroxylation is 1. The Bertz CT molecular complexity index is 1480. The second kappa shape index (κ2) is 12.2. The van der Waals surface area contributed by atoms with Crippen LogP contribution >= 0.6 is 0 Å². The molecule has 1 saturated heterocycles. The zero-order valence-electron chi connectivity index (χ0n) is 23.9. The lowest BCUT2D eigenvalue weighted by Crippen LogP contribution is -2.48. The van der Waals surface area contributed by atoms with Crippen LogP contribution in [0.3, 0.4) is 0 Å². The standard InChI is InChI=1S/C30H36F4N4O3/c1-6-7-8-9-20-21(29(40)38-14-16(2)41-17(3)15-38)10-11-25(27(20)31)35-18(4)22-12-23-26(13-24(22)30(32,33)34)36-19(5)37-28(23)39/h10-13,16-18,35H,6-9,14-15H2,1-5H3,(H,36,37,39)/t16-,17+,18-/m1/s1. The monoisotopic (exact) mass is 576 g/mol. The zero-order valence-corrected chi connectivity index (χ0v) is 23.9. The summed E-state index contributed by atoms with van der Waals surface area (Å²) in [5, 5.41) is 2.88. The average molecular weight is 577 g/mol. The first-order valence-corrected chi connectivity index (χ1v) is 13.9. The number of carbonyl (C=O) groups is 1. The Hall–Kier alpha value is -3.47. The van der Waals surface area contributed by atoms with E-state index < -0.39 is 29.2 Å².